The van der Waals surface area contributed by atoms with Crippen molar-refractivity contribution >= 4 is 34.8 Å². The first kappa shape index (κ1) is 25.3. The first-order valence-corrected chi connectivity index (χ1v) is 13.8. The highest BCUT2D eigenvalue weighted by Crippen LogP contribution is 2.54. The number of rotatable bonds is 6. The summed E-state index contributed by atoms with van der Waals surface area (Å²) >= 11 is 0. The summed E-state index contributed by atoms with van der Waals surface area (Å²) < 4.78 is 29.6. The number of hydrogen-bond acceptors (Lipinski definition) is 10. The average molecular weight is 555 g/mol. The molecule has 1 spiro atoms. The number of halogens is 2. The molecule has 1 aliphatic carbocycles. The van der Waals surface area contributed by atoms with Crippen molar-refractivity contribution in [2.24, 2.45) is 11.1 Å². The first-order chi connectivity index (χ1) is 19.1. The number of hydrazine groups is 1. The predicted molar refractivity (Wildman–Crippen MR) is 142 cm³/mol. The second-order valence-corrected chi connectivity index (χ2v) is 11.6. The fourth-order valence-corrected chi connectivity index (χ4v) is 6.00. The molecule has 3 aromatic rings. The normalized spacial score (nSPS) is 26.8. The first-order valence-electron chi connectivity index (χ1n) is 13.8. The standard InChI is InChI=1S/C26H32F2N10O2/c1-16-24(40)37(16)38(18-3-2-17(20(29)39)21(31-18)34-10-6-25(4-5-25)7-11-34)19-14-36-15-30-33-23(36)22(32-19)35-12-8-26(27,28)9-13-35/h2-3,14-16,24,40H,4-13H2,1H3,(H2,29,39)/t16-,24-,37?/m1/s1. The number of carbonyl (C=O) groups is 1. The van der Waals surface area contributed by atoms with Gasteiger partial charge in [-0.1, -0.05) is 0 Å². The molecular weight excluding hydrogens is 522 g/mol. The van der Waals surface area contributed by atoms with E-state index in [4.69, 9.17) is 15.7 Å². The number of carbonyl (C=O) groups excluding carboxylic acids is 1. The Balaban J connectivity index is 1.30. The van der Waals surface area contributed by atoms with Gasteiger partial charge in [-0.05, 0) is 50.2 Å². The van der Waals surface area contributed by atoms with Crippen LogP contribution >= 0.6 is 0 Å². The van der Waals surface area contributed by atoms with Gasteiger partial charge in [0.15, 0.2) is 17.5 Å². The summed E-state index contributed by atoms with van der Waals surface area (Å²) in [7, 11) is 0. The van der Waals surface area contributed by atoms with Crippen LogP contribution in [-0.2, 0) is 0 Å². The number of aromatic nitrogens is 5. The third-order valence-corrected chi connectivity index (χ3v) is 8.94. The van der Waals surface area contributed by atoms with Crippen molar-refractivity contribution in [1.29, 1.82) is 0 Å². The van der Waals surface area contributed by atoms with Crippen LogP contribution in [0.1, 0.15) is 55.8 Å². The van der Waals surface area contributed by atoms with Gasteiger partial charge >= 0.3 is 0 Å². The summed E-state index contributed by atoms with van der Waals surface area (Å²) in [5, 5.41) is 22.3. The number of amides is 1. The van der Waals surface area contributed by atoms with Crippen molar-refractivity contribution in [3.05, 3.63) is 30.2 Å². The molecule has 1 saturated carbocycles. The maximum absolute atomic E-state index is 13.9. The highest BCUT2D eigenvalue weighted by Gasteiger charge is 2.49. The number of alkyl halides is 2. The average Bonchev–Trinajstić information content (AvgIpc) is 3.73. The molecule has 3 saturated heterocycles. The molecule has 3 N–H and O–H groups in total. The quantitative estimate of drug-likeness (QED) is 0.438. The van der Waals surface area contributed by atoms with Crippen LogP contribution in [0.3, 0.4) is 0 Å². The lowest BCUT2D eigenvalue weighted by Gasteiger charge is -2.35. The molecule has 4 fully saturated rings. The van der Waals surface area contributed by atoms with E-state index < -0.39 is 18.1 Å². The summed E-state index contributed by atoms with van der Waals surface area (Å²) in [5.74, 6) is -1.47. The minimum atomic E-state index is -2.71. The molecule has 0 aromatic carbocycles. The second-order valence-electron chi connectivity index (χ2n) is 11.6. The summed E-state index contributed by atoms with van der Waals surface area (Å²) in [5.41, 5.74) is 6.99. The van der Waals surface area contributed by atoms with E-state index in [1.54, 1.807) is 37.6 Å². The van der Waals surface area contributed by atoms with E-state index in [0.29, 0.717) is 39.9 Å². The third-order valence-electron chi connectivity index (χ3n) is 8.94. The molecule has 3 aromatic heterocycles. The lowest BCUT2D eigenvalue weighted by Crippen LogP contribution is -2.40. The molecule has 4 aliphatic rings. The van der Waals surface area contributed by atoms with Crippen molar-refractivity contribution < 1.29 is 18.7 Å². The largest absolute Gasteiger partial charge is 0.375 e. The molecule has 14 heteroatoms. The van der Waals surface area contributed by atoms with Gasteiger partial charge < -0.3 is 20.6 Å². The van der Waals surface area contributed by atoms with E-state index in [1.807, 2.05) is 6.92 Å². The maximum atomic E-state index is 13.9. The van der Waals surface area contributed by atoms with Crippen LogP contribution in [0.15, 0.2) is 24.7 Å². The zero-order valence-corrected chi connectivity index (χ0v) is 22.2. The molecule has 212 valence electrons. The van der Waals surface area contributed by atoms with Gasteiger partial charge in [0.25, 0.3) is 11.8 Å². The van der Waals surface area contributed by atoms with E-state index in [1.165, 1.54) is 19.2 Å². The molecular formula is C26H32F2N10O2. The third kappa shape index (κ3) is 4.29. The Morgan fingerprint density at radius 1 is 1.00 bits per heavy atom. The van der Waals surface area contributed by atoms with Gasteiger partial charge in [0.1, 0.15) is 18.4 Å². The van der Waals surface area contributed by atoms with Crippen LogP contribution in [0.5, 0.6) is 0 Å². The molecule has 3 aliphatic heterocycles. The molecule has 0 radical (unpaired) electrons. The van der Waals surface area contributed by atoms with Crippen LogP contribution in [0, 0.1) is 5.41 Å². The van der Waals surface area contributed by atoms with Crippen molar-refractivity contribution in [3.63, 3.8) is 0 Å². The van der Waals surface area contributed by atoms with Crippen LogP contribution < -0.4 is 20.5 Å². The Morgan fingerprint density at radius 3 is 2.25 bits per heavy atom. The van der Waals surface area contributed by atoms with E-state index in [9.17, 15) is 18.7 Å². The van der Waals surface area contributed by atoms with Crippen molar-refractivity contribution in [2.45, 2.75) is 63.6 Å². The van der Waals surface area contributed by atoms with E-state index >= 15 is 0 Å². The summed E-state index contributed by atoms with van der Waals surface area (Å²) in [6, 6.07) is 3.13. The lowest BCUT2D eigenvalue weighted by atomic mass is 9.93. The van der Waals surface area contributed by atoms with Gasteiger partial charge in [-0.15, -0.1) is 10.2 Å². The molecule has 6 heterocycles. The fourth-order valence-electron chi connectivity index (χ4n) is 6.00. The second kappa shape index (κ2) is 8.93. The number of piperidine rings is 2. The highest BCUT2D eigenvalue weighted by molar-refractivity contribution is 5.98. The summed E-state index contributed by atoms with van der Waals surface area (Å²) in [6.45, 7) is 3.70. The van der Waals surface area contributed by atoms with Gasteiger partial charge in [0.2, 0.25) is 5.65 Å². The van der Waals surface area contributed by atoms with Gasteiger partial charge in [0.05, 0.1) is 17.8 Å². The molecule has 12 nitrogen and oxygen atoms in total. The Labute approximate surface area is 229 Å². The summed E-state index contributed by atoms with van der Waals surface area (Å²) in [4.78, 5) is 26.1. The van der Waals surface area contributed by atoms with Crippen LogP contribution in [0.25, 0.3) is 5.65 Å². The van der Waals surface area contributed by atoms with Crippen LogP contribution in [0.4, 0.5) is 32.1 Å². The number of nitrogens with two attached hydrogens (primary N) is 1. The number of pyridine rings is 1. The number of fused-ring (bicyclic) bond motifs is 1. The van der Waals surface area contributed by atoms with Crippen molar-refractivity contribution in [3.8, 4) is 0 Å². The van der Waals surface area contributed by atoms with E-state index in [2.05, 4.69) is 15.1 Å². The maximum Gasteiger partial charge on any atom is 0.252 e. The molecule has 3 atom stereocenters. The van der Waals surface area contributed by atoms with Gasteiger partial charge in [0, 0.05) is 39.0 Å². The van der Waals surface area contributed by atoms with Gasteiger partial charge in [-0.2, -0.15) is 5.01 Å². The minimum Gasteiger partial charge on any atom is -0.375 e. The van der Waals surface area contributed by atoms with Crippen molar-refractivity contribution in [1.82, 2.24) is 29.6 Å². The summed E-state index contributed by atoms with van der Waals surface area (Å²) in [6.07, 6.45) is 6.52. The van der Waals surface area contributed by atoms with Crippen LogP contribution in [0.2, 0.25) is 0 Å². The van der Waals surface area contributed by atoms with E-state index in [-0.39, 0.29) is 32.0 Å². The minimum absolute atomic E-state index is 0.126. The van der Waals surface area contributed by atoms with Gasteiger partial charge in [-0.25, -0.2) is 23.8 Å². The van der Waals surface area contributed by atoms with E-state index in [0.717, 1.165) is 25.9 Å². The number of primary amides is 1. The number of hydrogen-bond donors (Lipinski definition) is 2. The molecule has 1 amide bonds. The Bertz CT molecular complexity index is 1450. The number of nitrogens with zero attached hydrogens (tertiary/aromatic N) is 9. The van der Waals surface area contributed by atoms with Crippen LogP contribution in [-0.4, -0.2) is 85.0 Å². The van der Waals surface area contributed by atoms with Crippen molar-refractivity contribution in [2.75, 3.05) is 41.0 Å². The fraction of sp³-hybridized carbons (Fsp3) is 0.577. The van der Waals surface area contributed by atoms with Gasteiger partial charge in [-0.3, -0.25) is 9.20 Å². The lowest BCUT2D eigenvalue weighted by molar-refractivity contribution is -0.0221. The number of aliphatic hydroxyl groups is 1. The topological polar surface area (TPSA) is 132 Å². The molecule has 7 rings (SSSR count). The highest BCUT2D eigenvalue weighted by atomic mass is 19.3. The zero-order chi connectivity index (χ0) is 27.8. The predicted octanol–water partition coefficient (Wildman–Crippen LogP) is 2.31. The smallest absolute Gasteiger partial charge is 0.252 e. The SMILES string of the molecule is C[C@@H]1[C@@H](O)N1N(c1ccc(C(N)=O)c(N2CCC3(CC2)CC3)n1)c1cn2cnnc2c(N2CCC(F)(F)CC2)n1. The monoisotopic (exact) mass is 554 g/mol. The molecule has 1 unspecified atom stereocenters. The Morgan fingerprint density at radius 2 is 1.62 bits per heavy atom. The molecule has 0 bridgehead atoms. The Hall–Kier alpha value is -3.65. The molecule has 40 heavy (non-hydrogen) atoms. The zero-order valence-electron chi connectivity index (χ0n) is 22.2. The number of anilines is 4. The number of aliphatic hydroxyl groups excluding tert-OH is 1. The Kier molecular flexibility index (Phi) is 5.65.